The molecule has 0 unspecified atom stereocenters. The second-order valence-electron chi connectivity index (χ2n) is 5.84. The third-order valence-electron chi connectivity index (χ3n) is 4.00. The van der Waals surface area contributed by atoms with Gasteiger partial charge in [-0.1, -0.05) is 30.3 Å². The quantitative estimate of drug-likeness (QED) is 0.605. The van der Waals surface area contributed by atoms with Crippen molar-refractivity contribution in [3.05, 3.63) is 40.6 Å². The Morgan fingerprint density at radius 2 is 2.26 bits per heavy atom. The maximum atomic E-state index is 12.5. The fraction of sp³-hybridized carbons (Fsp3) is 0.438. The van der Waals surface area contributed by atoms with E-state index < -0.39 is 0 Å². The minimum Gasteiger partial charge on any atom is -0.464 e. The predicted octanol–water partition coefficient (Wildman–Crippen LogP) is 3.84. The molecule has 1 saturated carbocycles. The maximum absolute atomic E-state index is 12.5. The monoisotopic (exact) mass is 351 g/mol. The number of carbonyl (C=O) groups excluding carboxylic acids is 1. The Kier molecular flexibility index (Phi) is 4.64. The highest BCUT2D eigenvalue weighted by atomic mass is 35.5. The van der Waals surface area contributed by atoms with Crippen molar-refractivity contribution in [2.45, 2.75) is 31.0 Å². The lowest BCUT2D eigenvalue weighted by Crippen LogP contribution is -2.27. The second-order valence-corrected chi connectivity index (χ2v) is 7.02. The molecule has 1 amide bonds. The lowest BCUT2D eigenvalue weighted by atomic mass is 10.3. The second kappa shape index (κ2) is 6.53. The molecule has 2 aromatic heterocycles. The van der Waals surface area contributed by atoms with E-state index in [0.717, 1.165) is 11.5 Å². The van der Waals surface area contributed by atoms with Gasteiger partial charge in [0.25, 0.3) is 5.91 Å². The topological polar surface area (TPSA) is 59.2 Å². The van der Waals surface area contributed by atoms with Gasteiger partial charge in [0.2, 0.25) is 0 Å². The standard InChI is InChI=1S/C16H18ClN3O2S/c1-9-6-11(9)13-5-4-10(22-13)8-20(2)15(21)14-12(17)7-18-16(19-14)23-3/h4-5,7,9,11H,6,8H2,1-3H3/t9-,11+/m0/s1. The van der Waals surface area contributed by atoms with Gasteiger partial charge in [0.1, 0.15) is 11.5 Å². The highest BCUT2D eigenvalue weighted by Gasteiger charge is 2.36. The van der Waals surface area contributed by atoms with Crippen molar-refractivity contribution in [2.75, 3.05) is 13.3 Å². The molecule has 0 bridgehead atoms. The summed E-state index contributed by atoms with van der Waals surface area (Å²) in [4.78, 5) is 22.4. The van der Waals surface area contributed by atoms with Gasteiger partial charge in [-0.25, -0.2) is 9.97 Å². The number of carbonyl (C=O) groups is 1. The van der Waals surface area contributed by atoms with Gasteiger partial charge in [-0.3, -0.25) is 4.79 Å². The maximum Gasteiger partial charge on any atom is 0.274 e. The molecule has 1 aliphatic carbocycles. The van der Waals surface area contributed by atoms with Crippen LogP contribution in [0.1, 0.15) is 41.3 Å². The molecule has 2 atom stereocenters. The van der Waals surface area contributed by atoms with E-state index in [0.29, 0.717) is 23.5 Å². The Hall–Kier alpha value is -1.53. The van der Waals surface area contributed by atoms with Crippen molar-refractivity contribution in [1.82, 2.24) is 14.9 Å². The summed E-state index contributed by atoms with van der Waals surface area (Å²) in [5.74, 6) is 2.76. The molecular weight excluding hydrogens is 334 g/mol. The van der Waals surface area contributed by atoms with E-state index in [1.54, 1.807) is 11.9 Å². The van der Waals surface area contributed by atoms with Gasteiger partial charge >= 0.3 is 0 Å². The summed E-state index contributed by atoms with van der Waals surface area (Å²) in [6, 6.07) is 3.93. The third kappa shape index (κ3) is 3.53. The Balaban J connectivity index is 1.71. The van der Waals surface area contributed by atoms with Crippen molar-refractivity contribution < 1.29 is 9.21 Å². The smallest absolute Gasteiger partial charge is 0.274 e. The molecule has 1 fully saturated rings. The first kappa shape index (κ1) is 16.3. The van der Waals surface area contributed by atoms with Crippen molar-refractivity contribution >= 4 is 29.3 Å². The largest absolute Gasteiger partial charge is 0.464 e. The highest BCUT2D eigenvalue weighted by Crippen LogP contribution is 2.47. The third-order valence-corrected chi connectivity index (χ3v) is 4.84. The summed E-state index contributed by atoms with van der Waals surface area (Å²) in [6.45, 7) is 2.60. The van der Waals surface area contributed by atoms with Crippen LogP contribution in [0.5, 0.6) is 0 Å². The molecule has 23 heavy (non-hydrogen) atoms. The number of rotatable bonds is 5. The normalized spacial score (nSPS) is 19.7. The Morgan fingerprint density at radius 1 is 1.52 bits per heavy atom. The zero-order valence-corrected chi connectivity index (χ0v) is 14.8. The number of aromatic nitrogens is 2. The molecule has 122 valence electrons. The van der Waals surface area contributed by atoms with Crippen LogP contribution in [-0.2, 0) is 6.54 Å². The summed E-state index contributed by atoms with van der Waals surface area (Å²) in [7, 11) is 1.71. The lowest BCUT2D eigenvalue weighted by molar-refractivity contribution is 0.0768. The van der Waals surface area contributed by atoms with Gasteiger partial charge in [-0.05, 0) is 30.7 Å². The number of hydrogen-bond acceptors (Lipinski definition) is 5. The Morgan fingerprint density at radius 3 is 2.91 bits per heavy atom. The van der Waals surface area contributed by atoms with Gasteiger partial charge in [-0.2, -0.15) is 0 Å². The van der Waals surface area contributed by atoms with Gasteiger partial charge in [0.05, 0.1) is 17.8 Å². The van der Waals surface area contributed by atoms with E-state index in [1.165, 1.54) is 24.4 Å². The average molecular weight is 352 g/mol. The SMILES string of the molecule is CSc1ncc(Cl)c(C(=O)N(C)Cc2ccc([C@@H]3C[C@@H]3C)o2)n1. The molecule has 3 rings (SSSR count). The van der Waals surface area contributed by atoms with E-state index in [1.807, 2.05) is 18.4 Å². The number of thioether (sulfide) groups is 1. The minimum atomic E-state index is -0.245. The zero-order valence-electron chi connectivity index (χ0n) is 13.2. The first-order valence-corrected chi connectivity index (χ1v) is 9.00. The summed E-state index contributed by atoms with van der Waals surface area (Å²) < 4.78 is 5.85. The van der Waals surface area contributed by atoms with Crippen LogP contribution in [0.4, 0.5) is 0 Å². The predicted molar refractivity (Wildman–Crippen MR) is 89.9 cm³/mol. The van der Waals surface area contributed by atoms with E-state index in [9.17, 15) is 4.79 Å². The molecule has 5 nitrogen and oxygen atoms in total. The van der Waals surface area contributed by atoms with E-state index >= 15 is 0 Å². The van der Waals surface area contributed by atoms with Crippen LogP contribution in [0.25, 0.3) is 0 Å². The van der Waals surface area contributed by atoms with Crippen LogP contribution in [-0.4, -0.2) is 34.1 Å². The first-order chi connectivity index (χ1) is 11.0. The molecule has 0 N–H and O–H groups in total. The molecule has 0 spiro atoms. The number of nitrogens with zero attached hydrogens (tertiary/aromatic N) is 3. The molecule has 0 aliphatic heterocycles. The molecule has 7 heteroatoms. The number of halogens is 1. The van der Waals surface area contributed by atoms with Crippen molar-refractivity contribution in [1.29, 1.82) is 0 Å². The van der Waals surface area contributed by atoms with Gasteiger partial charge in [0.15, 0.2) is 10.9 Å². The number of amides is 1. The van der Waals surface area contributed by atoms with Crippen LogP contribution < -0.4 is 0 Å². The van der Waals surface area contributed by atoms with Crippen LogP contribution in [0.2, 0.25) is 5.02 Å². The molecule has 0 saturated heterocycles. The van der Waals surface area contributed by atoms with Gasteiger partial charge in [-0.15, -0.1) is 0 Å². The van der Waals surface area contributed by atoms with Crippen LogP contribution in [0.15, 0.2) is 27.9 Å². The molecule has 2 aromatic rings. The van der Waals surface area contributed by atoms with Crippen LogP contribution >= 0.6 is 23.4 Å². The van der Waals surface area contributed by atoms with E-state index in [4.69, 9.17) is 16.0 Å². The summed E-state index contributed by atoms with van der Waals surface area (Å²) in [5, 5.41) is 0.778. The Labute approximate surface area is 144 Å². The molecule has 0 aromatic carbocycles. The highest BCUT2D eigenvalue weighted by molar-refractivity contribution is 7.98. The van der Waals surface area contributed by atoms with Crippen LogP contribution in [0.3, 0.4) is 0 Å². The fourth-order valence-electron chi connectivity index (χ4n) is 2.48. The summed E-state index contributed by atoms with van der Waals surface area (Å²) in [6.07, 6.45) is 4.49. The number of hydrogen-bond donors (Lipinski definition) is 0. The lowest BCUT2D eigenvalue weighted by Gasteiger charge is -2.16. The molecule has 0 radical (unpaired) electrons. The first-order valence-electron chi connectivity index (χ1n) is 7.40. The van der Waals surface area contributed by atoms with Crippen molar-refractivity contribution in [3.63, 3.8) is 0 Å². The van der Waals surface area contributed by atoms with E-state index in [-0.39, 0.29) is 16.6 Å². The van der Waals surface area contributed by atoms with E-state index in [2.05, 4.69) is 16.9 Å². The number of furan rings is 1. The molecule has 1 aliphatic rings. The summed E-state index contributed by atoms with van der Waals surface area (Å²) >= 11 is 7.43. The molecular formula is C16H18ClN3O2S. The molecule has 2 heterocycles. The van der Waals surface area contributed by atoms with Gasteiger partial charge in [0, 0.05) is 13.0 Å². The Bertz CT molecular complexity index is 734. The summed E-state index contributed by atoms with van der Waals surface area (Å²) in [5.41, 5.74) is 0.219. The zero-order chi connectivity index (χ0) is 16.6. The fourth-order valence-corrected chi connectivity index (χ4v) is 3.00. The minimum absolute atomic E-state index is 0.219. The van der Waals surface area contributed by atoms with Crippen molar-refractivity contribution in [2.24, 2.45) is 5.92 Å². The average Bonchev–Trinajstić information content (AvgIpc) is 3.09. The van der Waals surface area contributed by atoms with Crippen molar-refractivity contribution in [3.8, 4) is 0 Å². The van der Waals surface area contributed by atoms with Crippen LogP contribution in [0, 0.1) is 5.92 Å². The van der Waals surface area contributed by atoms with Gasteiger partial charge < -0.3 is 9.32 Å².